The van der Waals surface area contributed by atoms with E-state index < -0.39 is 5.97 Å². The molecule has 2 heterocycles. The minimum Gasteiger partial charge on any atom is -0.476 e. The molecule has 0 unspecified atom stereocenters. The Kier molecular flexibility index (Phi) is 2.30. The topological polar surface area (TPSA) is 76.2 Å². The van der Waals surface area contributed by atoms with E-state index in [1.165, 1.54) is 6.07 Å². The highest BCUT2D eigenvalue weighted by Gasteiger charge is 2.13. The Morgan fingerprint density at radius 1 is 1.17 bits per heavy atom. The van der Waals surface area contributed by atoms with E-state index in [1.807, 2.05) is 30.3 Å². The van der Waals surface area contributed by atoms with Crippen LogP contribution in [0.2, 0.25) is 0 Å². The predicted molar refractivity (Wildman–Crippen MR) is 64.2 cm³/mol. The van der Waals surface area contributed by atoms with E-state index in [9.17, 15) is 4.79 Å². The molecular weight excluding hydrogens is 232 g/mol. The van der Waals surface area contributed by atoms with Gasteiger partial charge in [-0.3, -0.25) is 0 Å². The number of hydrogen-bond acceptors (Lipinski definition) is 4. The van der Waals surface area contributed by atoms with Crippen LogP contribution in [0.4, 0.5) is 0 Å². The SMILES string of the molecule is O=C(O)c1cc(-c2ccc3ccccc3n2)on1. The van der Waals surface area contributed by atoms with Gasteiger partial charge in [-0.2, -0.15) is 0 Å². The van der Waals surface area contributed by atoms with Crippen molar-refractivity contribution < 1.29 is 14.4 Å². The van der Waals surface area contributed by atoms with E-state index in [0.717, 1.165) is 10.9 Å². The van der Waals surface area contributed by atoms with Gasteiger partial charge in [0.1, 0.15) is 5.69 Å². The molecule has 5 nitrogen and oxygen atoms in total. The maximum atomic E-state index is 10.7. The van der Waals surface area contributed by atoms with Gasteiger partial charge >= 0.3 is 5.97 Å². The zero-order chi connectivity index (χ0) is 12.5. The summed E-state index contributed by atoms with van der Waals surface area (Å²) >= 11 is 0. The summed E-state index contributed by atoms with van der Waals surface area (Å²) in [6, 6.07) is 12.7. The van der Waals surface area contributed by atoms with Crippen molar-refractivity contribution in [2.75, 3.05) is 0 Å². The van der Waals surface area contributed by atoms with E-state index >= 15 is 0 Å². The number of hydrogen-bond donors (Lipinski definition) is 1. The number of carboxylic acid groups (broad SMARTS) is 1. The van der Waals surface area contributed by atoms with Gasteiger partial charge in [0.25, 0.3) is 0 Å². The smallest absolute Gasteiger partial charge is 0.358 e. The third-order valence-corrected chi connectivity index (χ3v) is 2.58. The van der Waals surface area contributed by atoms with Crippen LogP contribution >= 0.6 is 0 Å². The summed E-state index contributed by atoms with van der Waals surface area (Å²) in [4.78, 5) is 15.1. The first-order valence-electron chi connectivity index (χ1n) is 5.30. The number of nitrogens with zero attached hydrogens (tertiary/aromatic N) is 2. The number of aromatic nitrogens is 2. The maximum absolute atomic E-state index is 10.7. The number of benzene rings is 1. The summed E-state index contributed by atoms with van der Waals surface area (Å²) in [5.41, 5.74) is 1.26. The molecule has 5 heteroatoms. The maximum Gasteiger partial charge on any atom is 0.358 e. The van der Waals surface area contributed by atoms with Crippen LogP contribution in [0.5, 0.6) is 0 Å². The van der Waals surface area contributed by atoms with Crippen molar-refractivity contribution in [3.05, 3.63) is 48.2 Å². The Bertz CT molecular complexity index is 734. The van der Waals surface area contributed by atoms with Crippen molar-refractivity contribution in [3.63, 3.8) is 0 Å². The van der Waals surface area contributed by atoms with Crippen molar-refractivity contribution in [1.29, 1.82) is 0 Å². The lowest BCUT2D eigenvalue weighted by Gasteiger charge is -1.98. The first kappa shape index (κ1) is 10.5. The monoisotopic (exact) mass is 240 g/mol. The average molecular weight is 240 g/mol. The Hall–Kier alpha value is -2.69. The van der Waals surface area contributed by atoms with Gasteiger partial charge in [0, 0.05) is 11.5 Å². The van der Waals surface area contributed by atoms with Crippen molar-refractivity contribution in [3.8, 4) is 11.5 Å². The van der Waals surface area contributed by atoms with E-state index in [-0.39, 0.29) is 5.69 Å². The van der Waals surface area contributed by atoms with Crippen LogP contribution in [0.3, 0.4) is 0 Å². The molecule has 0 spiro atoms. The fourth-order valence-corrected chi connectivity index (χ4v) is 1.70. The van der Waals surface area contributed by atoms with Gasteiger partial charge in [-0.25, -0.2) is 9.78 Å². The second-order valence-corrected chi connectivity index (χ2v) is 3.77. The van der Waals surface area contributed by atoms with Crippen molar-refractivity contribution >= 4 is 16.9 Å². The largest absolute Gasteiger partial charge is 0.476 e. The first-order chi connectivity index (χ1) is 8.74. The molecule has 0 aliphatic rings. The van der Waals surface area contributed by atoms with Crippen LogP contribution in [0.1, 0.15) is 10.5 Å². The van der Waals surface area contributed by atoms with Gasteiger partial charge in [-0.15, -0.1) is 0 Å². The molecule has 0 aliphatic carbocycles. The van der Waals surface area contributed by atoms with Crippen LogP contribution in [-0.2, 0) is 0 Å². The molecule has 2 aromatic heterocycles. The lowest BCUT2D eigenvalue weighted by molar-refractivity contribution is 0.0686. The van der Waals surface area contributed by atoms with Crippen molar-refractivity contribution in [2.45, 2.75) is 0 Å². The number of aromatic carboxylic acids is 1. The lowest BCUT2D eigenvalue weighted by Crippen LogP contribution is -1.94. The van der Waals surface area contributed by atoms with E-state index in [1.54, 1.807) is 6.07 Å². The van der Waals surface area contributed by atoms with Crippen LogP contribution in [0.15, 0.2) is 47.0 Å². The molecule has 0 saturated heterocycles. The third-order valence-electron chi connectivity index (χ3n) is 2.58. The van der Waals surface area contributed by atoms with Crippen LogP contribution in [0, 0.1) is 0 Å². The minimum absolute atomic E-state index is 0.125. The summed E-state index contributed by atoms with van der Waals surface area (Å²) in [7, 11) is 0. The summed E-state index contributed by atoms with van der Waals surface area (Å²) < 4.78 is 4.97. The number of para-hydroxylation sites is 1. The molecule has 3 rings (SSSR count). The molecule has 0 saturated carbocycles. The summed E-state index contributed by atoms with van der Waals surface area (Å²) in [5, 5.41) is 13.2. The number of rotatable bonds is 2. The molecule has 3 aromatic rings. The first-order valence-corrected chi connectivity index (χ1v) is 5.30. The third kappa shape index (κ3) is 1.71. The fourth-order valence-electron chi connectivity index (χ4n) is 1.70. The molecule has 1 aromatic carbocycles. The van der Waals surface area contributed by atoms with Crippen LogP contribution in [0.25, 0.3) is 22.4 Å². The predicted octanol–water partition coefficient (Wildman–Crippen LogP) is 2.59. The van der Waals surface area contributed by atoms with Gasteiger partial charge in [0.05, 0.1) is 5.52 Å². The quantitative estimate of drug-likeness (QED) is 0.745. The normalized spacial score (nSPS) is 10.7. The fraction of sp³-hybridized carbons (Fsp3) is 0. The number of pyridine rings is 1. The lowest BCUT2D eigenvalue weighted by atomic mass is 10.2. The van der Waals surface area contributed by atoms with Crippen LogP contribution in [-0.4, -0.2) is 21.2 Å². The molecule has 18 heavy (non-hydrogen) atoms. The zero-order valence-electron chi connectivity index (χ0n) is 9.20. The summed E-state index contributed by atoms with van der Waals surface area (Å²) in [6.45, 7) is 0. The van der Waals surface area contributed by atoms with Gasteiger partial charge in [0.15, 0.2) is 11.5 Å². The highest BCUT2D eigenvalue weighted by molar-refractivity contribution is 5.87. The summed E-state index contributed by atoms with van der Waals surface area (Å²) in [5.74, 6) is -0.774. The molecular formula is C13H8N2O3. The molecule has 0 radical (unpaired) electrons. The second-order valence-electron chi connectivity index (χ2n) is 3.77. The Morgan fingerprint density at radius 3 is 2.78 bits per heavy atom. The molecule has 0 aliphatic heterocycles. The Labute approximate surface area is 102 Å². The van der Waals surface area contributed by atoms with E-state index in [4.69, 9.17) is 9.63 Å². The highest BCUT2D eigenvalue weighted by atomic mass is 16.5. The Balaban J connectivity index is 2.10. The second kappa shape index (κ2) is 3.96. The number of carboxylic acids is 1. The summed E-state index contributed by atoms with van der Waals surface area (Å²) in [6.07, 6.45) is 0. The minimum atomic E-state index is -1.12. The molecule has 1 N–H and O–H groups in total. The number of fused-ring (bicyclic) bond motifs is 1. The molecule has 0 fully saturated rings. The molecule has 0 amide bonds. The van der Waals surface area contributed by atoms with Crippen molar-refractivity contribution in [2.24, 2.45) is 0 Å². The van der Waals surface area contributed by atoms with E-state index in [0.29, 0.717) is 11.5 Å². The average Bonchev–Trinajstić information content (AvgIpc) is 2.88. The van der Waals surface area contributed by atoms with Crippen LogP contribution < -0.4 is 0 Å². The van der Waals surface area contributed by atoms with E-state index in [2.05, 4.69) is 10.1 Å². The van der Waals surface area contributed by atoms with Gasteiger partial charge < -0.3 is 9.63 Å². The zero-order valence-corrected chi connectivity index (χ0v) is 9.20. The van der Waals surface area contributed by atoms with Gasteiger partial charge in [0.2, 0.25) is 0 Å². The van der Waals surface area contributed by atoms with Gasteiger partial charge in [-0.1, -0.05) is 29.4 Å². The Morgan fingerprint density at radius 2 is 2.00 bits per heavy atom. The molecule has 0 bridgehead atoms. The highest BCUT2D eigenvalue weighted by Crippen LogP contribution is 2.21. The molecule has 0 atom stereocenters. The van der Waals surface area contributed by atoms with Gasteiger partial charge in [-0.05, 0) is 12.1 Å². The number of carbonyl (C=O) groups is 1. The standard InChI is InChI=1S/C13H8N2O3/c16-13(17)11-7-12(18-15-11)10-6-5-8-3-1-2-4-9(8)14-10/h1-7H,(H,16,17). The molecule has 88 valence electrons. The van der Waals surface area contributed by atoms with Crippen molar-refractivity contribution in [1.82, 2.24) is 10.1 Å².